The summed E-state index contributed by atoms with van der Waals surface area (Å²) in [5.74, 6) is 0. The molecule has 2 aliphatic carbocycles. The normalized spacial score (nSPS) is 13.9. The fourth-order valence-electron chi connectivity index (χ4n) is 10.3. The largest absolute Gasteiger partial charge is 0.310 e. The molecule has 9 aromatic carbocycles. The van der Waals surface area contributed by atoms with Crippen molar-refractivity contribution >= 4 is 17.1 Å². The summed E-state index contributed by atoms with van der Waals surface area (Å²) in [6.07, 6.45) is 0. The third kappa shape index (κ3) is 5.31. The van der Waals surface area contributed by atoms with Crippen LogP contribution in [-0.2, 0) is 10.8 Å². The molecule has 0 bridgehead atoms. The monoisotopic (exact) mass is 753 g/mol. The first-order valence-corrected chi connectivity index (χ1v) is 20.7. The maximum absolute atomic E-state index is 2.49. The lowest BCUT2D eigenvalue weighted by atomic mass is 9.67. The van der Waals surface area contributed by atoms with Crippen molar-refractivity contribution in [1.29, 1.82) is 0 Å². The Kier molecular flexibility index (Phi) is 8.13. The Morgan fingerprint density at radius 2 is 0.831 bits per heavy atom. The van der Waals surface area contributed by atoms with Crippen LogP contribution in [0.2, 0.25) is 0 Å². The zero-order valence-corrected chi connectivity index (χ0v) is 33.3. The van der Waals surface area contributed by atoms with Gasteiger partial charge in [0.2, 0.25) is 0 Å². The van der Waals surface area contributed by atoms with Gasteiger partial charge < -0.3 is 4.90 Å². The summed E-state index contributed by atoms with van der Waals surface area (Å²) < 4.78 is 0. The Bertz CT molecular complexity index is 2960. The van der Waals surface area contributed by atoms with Crippen LogP contribution < -0.4 is 4.90 Å². The van der Waals surface area contributed by atoms with Gasteiger partial charge in [0.05, 0.1) is 11.1 Å². The molecule has 0 aliphatic heterocycles. The number of nitrogens with zero attached hydrogens (tertiary/aromatic N) is 1. The lowest BCUT2D eigenvalue weighted by Crippen LogP contribution is -2.28. The van der Waals surface area contributed by atoms with E-state index in [0.717, 1.165) is 17.1 Å². The van der Waals surface area contributed by atoms with Crippen LogP contribution in [0.1, 0.15) is 47.2 Å². The molecule has 0 atom stereocenters. The highest BCUT2D eigenvalue weighted by Crippen LogP contribution is 2.58. The summed E-state index contributed by atoms with van der Waals surface area (Å²) >= 11 is 0. The lowest BCUT2D eigenvalue weighted by molar-refractivity contribution is 0.660. The molecular formula is C58H43N. The highest BCUT2D eigenvalue weighted by Gasteiger charge is 2.46. The van der Waals surface area contributed by atoms with E-state index in [9.17, 15) is 0 Å². The summed E-state index contributed by atoms with van der Waals surface area (Å²) in [4.78, 5) is 2.49. The molecule has 280 valence electrons. The second-order valence-corrected chi connectivity index (χ2v) is 16.4. The molecule has 59 heavy (non-hydrogen) atoms. The highest BCUT2D eigenvalue weighted by atomic mass is 15.1. The third-order valence-corrected chi connectivity index (χ3v) is 13.0. The van der Waals surface area contributed by atoms with E-state index in [0.29, 0.717) is 0 Å². The van der Waals surface area contributed by atoms with Gasteiger partial charge in [-0.1, -0.05) is 202 Å². The highest BCUT2D eigenvalue weighted by molar-refractivity contribution is 5.99. The van der Waals surface area contributed by atoms with Crippen LogP contribution in [0.25, 0.3) is 44.5 Å². The minimum Gasteiger partial charge on any atom is -0.310 e. The van der Waals surface area contributed by atoms with Crippen LogP contribution in [0.15, 0.2) is 224 Å². The van der Waals surface area contributed by atoms with E-state index < -0.39 is 5.41 Å². The second kappa shape index (κ2) is 13.7. The molecule has 2 aliphatic rings. The number of para-hydroxylation sites is 1. The SMILES string of the molecule is CC1(C)c2ccccc2-c2ccc(-c3c(-c4ccccc4)cccc3N(c3ccccc3)c3ccc4c(c3)C(c3ccccc3)(c3ccccc3)c3ccccc3-4)cc21. The van der Waals surface area contributed by atoms with E-state index in [2.05, 4.69) is 243 Å². The van der Waals surface area contributed by atoms with Gasteiger partial charge in [-0.15, -0.1) is 0 Å². The van der Waals surface area contributed by atoms with Crippen LogP contribution in [0.5, 0.6) is 0 Å². The van der Waals surface area contributed by atoms with Gasteiger partial charge in [0.1, 0.15) is 0 Å². The van der Waals surface area contributed by atoms with Crippen molar-refractivity contribution in [2.75, 3.05) is 4.90 Å². The quantitative estimate of drug-likeness (QED) is 0.157. The zero-order chi connectivity index (χ0) is 39.6. The molecule has 0 aromatic heterocycles. The Labute approximate surface area is 347 Å². The average Bonchev–Trinajstić information content (AvgIpc) is 3.72. The first kappa shape index (κ1) is 35.0. The molecule has 0 amide bonds. The van der Waals surface area contributed by atoms with Crippen LogP contribution in [-0.4, -0.2) is 0 Å². The summed E-state index contributed by atoms with van der Waals surface area (Å²) in [7, 11) is 0. The summed E-state index contributed by atoms with van der Waals surface area (Å²) in [5, 5.41) is 0. The molecule has 0 radical (unpaired) electrons. The van der Waals surface area contributed by atoms with Gasteiger partial charge in [-0.3, -0.25) is 0 Å². The van der Waals surface area contributed by atoms with E-state index in [1.807, 2.05) is 0 Å². The first-order valence-electron chi connectivity index (χ1n) is 20.7. The van der Waals surface area contributed by atoms with E-state index in [1.54, 1.807) is 0 Å². The van der Waals surface area contributed by atoms with Gasteiger partial charge in [0, 0.05) is 22.4 Å². The molecule has 9 aromatic rings. The summed E-state index contributed by atoms with van der Waals surface area (Å²) in [6, 6.07) is 83.0. The topological polar surface area (TPSA) is 3.24 Å². The minimum atomic E-state index is -0.512. The van der Waals surface area contributed by atoms with Crippen molar-refractivity contribution in [2.24, 2.45) is 0 Å². The molecule has 0 heterocycles. The Hall–Kier alpha value is -7.22. The number of benzene rings is 9. The van der Waals surface area contributed by atoms with Crippen molar-refractivity contribution in [2.45, 2.75) is 24.7 Å². The molecule has 0 unspecified atom stereocenters. The fourth-order valence-corrected chi connectivity index (χ4v) is 10.3. The minimum absolute atomic E-state index is 0.129. The van der Waals surface area contributed by atoms with Crippen molar-refractivity contribution in [3.05, 3.63) is 258 Å². The van der Waals surface area contributed by atoms with Gasteiger partial charge >= 0.3 is 0 Å². The Morgan fingerprint density at radius 3 is 1.51 bits per heavy atom. The van der Waals surface area contributed by atoms with Gasteiger partial charge in [-0.2, -0.15) is 0 Å². The van der Waals surface area contributed by atoms with E-state index in [1.165, 1.54) is 77.9 Å². The fraction of sp³-hybridized carbons (Fsp3) is 0.0690. The van der Waals surface area contributed by atoms with Crippen molar-refractivity contribution in [3.8, 4) is 44.5 Å². The molecular weight excluding hydrogens is 711 g/mol. The third-order valence-electron chi connectivity index (χ3n) is 13.0. The first-order chi connectivity index (χ1) is 29.0. The van der Waals surface area contributed by atoms with Crippen LogP contribution >= 0.6 is 0 Å². The van der Waals surface area contributed by atoms with Gasteiger partial charge in [0.25, 0.3) is 0 Å². The Morgan fingerprint density at radius 1 is 0.322 bits per heavy atom. The van der Waals surface area contributed by atoms with Gasteiger partial charge in [-0.05, 0) is 109 Å². The summed E-state index contributed by atoms with van der Waals surface area (Å²) in [5.41, 5.74) is 20.6. The van der Waals surface area contributed by atoms with Crippen LogP contribution in [0, 0.1) is 0 Å². The summed E-state index contributed by atoms with van der Waals surface area (Å²) in [6.45, 7) is 4.74. The van der Waals surface area contributed by atoms with Gasteiger partial charge in [0.15, 0.2) is 0 Å². The molecule has 0 fully saturated rings. The molecule has 1 heteroatoms. The number of anilines is 3. The van der Waals surface area contributed by atoms with E-state index >= 15 is 0 Å². The smallest absolute Gasteiger partial charge is 0.0714 e. The lowest BCUT2D eigenvalue weighted by Gasteiger charge is -2.35. The maximum Gasteiger partial charge on any atom is 0.0714 e. The van der Waals surface area contributed by atoms with Crippen molar-refractivity contribution in [3.63, 3.8) is 0 Å². The van der Waals surface area contributed by atoms with Gasteiger partial charge in [-0.25, -0.2) is 0 Å². The van der Waals surface area contributed by atoms with E-state index in [-0.39, 0.29) is 5.41 Å². The zero-order valence-electron chi connectivity index (χ0n) is 33.3. The average molecular weight is 754 g/mol. The van der Waals surface area contributed by atoms with E-state index in [4.69, 9.17) is 0 Å². The Balaban J connectivity index is 1.19. The van der Waals surface area contributed by atoms with Crippen LogP contribution in [0.3, 0.4) is 0 Å². The predicted molar refractivity (Wildman–Crippen MR) is 247 cm³/mol. The molecule has 0 saturated carbocycles. The molecule has 1 nitrogen and oxygen atoms in total. The molecule has 0 N–H and O–H groups in total. The maximum atomic E-state index is 2.49. The molecule has 0 spiro atoms. The number of fused-ring (bicyclic) bond motifs is 6. The van der Waals surface area contributed by atoms with Crippen molar-refractivity contribution in [1.82, 2.24) is 0 Å². The van der Waals surface area contributed by atoms with Crippen molar-refractivity contribution < 1.29 is 0 Å². The number of hydrogen-bond donors (Lipinski definition) is 0. The molecule has 11 rings (SSSR count). The molecule has 0 saturated heterocycles. The second-order valence-electron chi connectivity index (χ2n) is 16.4. The number of hydrogen-bond acceptors (Lipinski definition) is 1. The number of rotatable bonds is 7. The van der Waals surface area contributed by atoms with Crippen LogP contribution in [0.4, 0.5) is 17.1 Å². The standard InChI is InChI=1S/C58H43N/c1-57(2)51-31-17-15-28-47(51)49-36-34-41(38-53(49)57)56-46(40-20-7-3-8-21-40)30-19-33-55(56)59(44-26-13-6-14-27-44)45-35-37-50-48-29-16-18-32-52(48)58(54(50)39-45,42-22-9-4-10-23-42)43-24-11-5-12-25-43/h3-39H,1-2H3. The predicted octanol–water partition coefficient (Wildman–Crippen LogP) is 15.2.